The highest BCUT2D eigenvalue weighted by Crippen LogP contribution is 2.06. The number of amides is 2. The first-order valence-corrected chi connectivity index (χ1v) is 7.66. The molecule has 0 aromatic rings. The minimum absolute atomic E-state index is 0.0950. The Morgan fingerprint density at radius 1 is 1.25 bits per heavy atom. The van der Waals surface area contributed by atoms with Gasteiger partial charge in [0.1, 0.15) is 0 Å². The molecule has 0 bridgehead atoms. The summed E-state index contributed by atoms with van der Waals surface area (Å²) in [5, 5.41) is 22.7. The quantitative estimate of drug-likeness (QED) is 0.348. The van der Waals surface area contributed by atoms with E-state index >= 15 is 0 Å². The topological polar surface area (TPSA) is 145 Å². The Balaban J connectivity index is 3.99. The van der Waals surface area contributed by atoms with Crippen molar-refractivity contribution in [3.8, 4) is 0 Å². The highest BCUT2D eigenvalue weighted by Gasteiger charge is 2.24. The summed E-state index contributed by atoms with van der Waals surface area (Å²) >= 11 is 0. The van der Waals surface area contributed by atoms with Gasteiger partial charge in [0, 0.05) is 19.6 Å². The Kier molecular flexibility index (Phi) is 7.46. The predicted octanol–water partition coefficient (Wildman–Crippen LogP) is -1.55. The molecule has 0 aliphatic carbocycles. The molecule has 5 N–H and O–H groups in total. The molecular formula is C10H21N3O6S. The smallest absolute Gasteiger partial charge is 0.314 e. The molecule has 0 saturated carbocycles. The molecule has 1 atom stereocenters. The number of carboxylic acid groups (broad SMARTS) is 1. The van der Waals surface area contributed by atoms with Crippen molar-refractivity contribution in [3.05, 3.63) is 0 Å². The van der Waals surface area contributed by atoms with E-state index in [-0.39, 0.29) is 25.4 Å². The summed E-state index contributed by atoms with van der Waals surface area (Å²) in [5.74, 6) is -1.45. The largest absolute Gasteiger partial charge is 0.481 e. The molecule has 10 heteroatoms. The Hall–Kier alpha value is -1.39. The number of nitrogens with one attached hydrogen (secondary N) is 3. The summed E-state index contributed by atoms with van der Waals surface area (Å²) in [6.07, 6.45) is -0.512. The zero-order valence-corrected chi connectivity index (χ0v) is 12.3. The first kappa shape index (κ1) is 18.6. The Morgan fingerprint density at radius 2 is 1.85 bits per heavy atom. The van der Waals surface area contributed by atoms with Crippen LogP contribution in [-0.4, -0.2) is 61.6 Å². The Bertz CT molecular complexity index is 434. The van der Waals surface area contributed by atoms with Crippen LogP contribution in [0, 0.1) is 0 Å². The minimum atomic E-state index is -3.41. The van der Waals surface area contributed by atoms with E-state index in [4.69, 9.17) is 5.11 Å². The second kappa shape index (κ2) is 8.02. The van der Waals surface area contributed by atoms with Crippen molar-refractivity contribution in [3.63, 3.8) is 0 Å². The third-order valence-corrected chi connectivity index (χ3v) is 3.65. The average Bonchev–Trinajstić information content (AvgIpc) is 2.24. The SMILES string of the molecule is CCNS(=O)(=O)CCNC(=O)NCC(C)(O)CC(=O)O. The van der Waals surface area contributed by atoms with Crippen LogP contribution >= 0.6 is 0 Å². The molecule has 0 rings (SSSR count). The molecule has 1 unspecified atom stereocenters. The van der Waals surface area contributed by atoms with Gasteiger partial charge in [-0.25, -0.2) is 17.9 Å². The number of carbonyl (C=O) groups is 2. The monoisotopic (exact) mass is 311 g/mol. The second-order valence-electron chi connectivity index (χ2n) is 4.49. The molecule has 0 aliphatic heterocycles. The van der Waals surface area contributed by atoms with E-state index < -0.39 is 34.0 Å². The van der Waals surface area contributed by atoms with Crippen LogP contribution in [0.1, 0.15) is 20.3 Å². The van der Waals surface area contributed by atoms with Gasteiger partial charge >= 0.3 is 12.0 Å². The molecule has 0 radical (unpaired) electrons. The predicted molar refractivity (Wildman–Crippen MR) is 71.7 cm³/mol. The van der Waals surface area contributed by atoms with Crippen molar-refractivity contribution in [2.75, 3.05) is 25.4 Å². The Morgan fingerprint density at radius 3 is 2.35 bits per heavy atom. The van der Waals surface area contributed by atoms with Crippen LogP contribution in [-0.2, 0) is 14.8 Å². The van der Waals surface area contributed by atoms with E-state index in [1.165, 1.54) is 6.92 Å². The summed E-state index contributed by atoms with van der Waals surface area (Å²) in [6, 6.07) is -0.678. The molecular weight excluding hydrogens is 290 g/mol. The van der Waals surface area contributed by atoms with E-state index in [0.29, 0.717) is 0 Å². The molecule has 9 nitrogen and oxygen atoms in total. The van der Waals surface area contributed by atoms with E-state index in [2.05, 4.69) is 15.4 Å². The molecule has 0 saturated heterocycles. The van der Waals surface area contributed by atoms with Gasteiger partial charge in [-0.15, -0.1) is 0 Å². The third-order valence-electron chi connectivity index (χ3n) is 2.18. The van der Waals surface area contributed by atoms with Crippen molar-refractivity contribution in [2.45, 2.75) is 25.9 Å². The van der Waals surface area contributed by atoms with E-state index in [1.807, 2.05) is 0 Å². The van der Waals surface area contributed by atoms with E-state index in [0.717, 1.165) is 0 Å². The van der Waals surface area contributed by atoms with Crippen LogP contribution in [0.4, 0.5) is 4.79 Å². The third kappa shape index (κ3) is 9.53. The van der Waals surface area contributed by atoms with Crippen molar-refractivity contribution < 1.29 is 28.2 Å². The fourth-order valence-electron chi connectivity index (χ4n) is 1.31. The number of carbonyl (C=O) groups excluding carboxylic acids is 1. The second-order valence-corrected chi connectivity index (χ2v) is 6.42. The Labute approximate surface area is 117 Å². The lowest BCUT2D eigenvalue weighted by Gasteiger charge is -2.21. The molecule has 118 valence electrons. The van der Waals surface area contributed by atoms with Crippen LogP contribution in [0.5, 0.6) is 0 Å². The minimum Gasteiger partial charge on any atom is -0.481 e. The number of hydrogen-bond donors (Lipinski definition) is 5. The normalized spacial score (nSPS) is 14.3. The molecule has 20 heavy (non-hydrogen) atoms. The first-order chi connectivity index (χ1) is 9.08. The zero-order valence-electron chi connectivity index (χ0n) is 11.5. The number of sulfonamides is 1. The fraction of sp³-hybridized carbons (Fsp3) is 0.800. The van der Waals surface area contributed by atoms with E-state index in [9.17, 15) is 23.1 Å². The van der Waals surface area contributed by atoms with Crippen LogP contribution in [0.2, 0.25) is 0 Å². The molecule has 0 aromatic carbocycles. The highest BCUT2D eigenvalue weighted by molar-refractivity contribution is 7.89. The summed E-state index contributed by atoms with van der Waals surface area (Å²) in [6.45, 7) is 2.83. The van der Waals surface area contributed by atoms with Crippen molar-refractivity contribution >= 4 is 22.0 Å². The number of aliphatic carboxylic acids is 1. The number of urea groups is 1. The number of carboxylic acids is 1. The highest BCUT2D eigenvalue weighted by atomic mass is 32.2. The van der Waals surface area contributed by atoms with E-state index in [1.54, 1.807) is 6.92 Å². The standard InChI is InChI=1S/C10H21N3O6S/c1-3-13-20(18,19)5-4-11-9(16)12-7-10(2,17)6-8(14)15/h13,17H,3-7H2,1-2H3,(H,14,15)(H2,11,12,16). The van der Waals surface area contributed by atoms with Gasteiger partial charge in [0.25, 0.3) is 0 Å². The van der Waals surface area contributed by atoms with Gasteiger partial charge in [-0.3, -0.25) is 4.79 Å². The molecule has 2 amide bonds. The maximum Gasteiger partial charge on any atom is 0.314 e. The van der Waals surface area contributed by atoms with Gasteiger partial charge in [-0.2, -0.15) is 0 Å². The van der Waals surface area contributed by atoms with Crippen LogP contribution in [0.15, 0.2) is 0 Å². The van der Waals surface area contributed by atoms with Gasteiger partial charge in [0.2, 0.25) is 10.0 Å². The summed E-state index contributed by atoms with van der Waals surface area (Å²) in [7, 11) is -3.41. The maximum absolute atomic E-state index is 11.3. The lowest BCUT2D eigenvalue weighted by Crippen LogP contribution is -2.46. The van der Waals surface area contributed by atoms with Gasteiger partial charge in [0.05, 0.1) is 17.8 Å². The maximum atomic E-state index is 11.3. The molecule has 0 fully saturated rings. The molecule has 0 aliphatic rings. The summed E-state index contributed by atoms with van der Waals surface area (Å²) < 4.78 is 24.8. The van der Waals surface area contributed by atoms with Crippen LogP contribution < -0.4 is 15.4 Å². The number of aliphatic hydroxyl groups is 1. The van der Waals surface area contributed by atoms with Crippen molar-refractivity contribution in [2.24, 2.45) is 0 Å². The molecule has 0 aromatic heterocycles. The van der Waals surface area contributed by atoms with Crippen molar-refractivity contribution in [1.29, 1.82) is 0 Å². The number of rotatable bonds is 9. The van der Waals surface area contributed by atoms with Gasteiger partial charge in [-0.1, -0.05) is 6.92 Å². The van der Waals surface area contributed by atoms with Crippen LogP contribution in [0.3, 0.4) is 0 Å². The van der Waals surface area contributed by atoms with Gasteiger partial charge in [0.15, 0.2) is 0 Å². The van der Waals surface area contributed by atoms with Crippen LogP contribution in [0.25, 0.3) is 0 Å². The lowest BCUT2D eigenvalue weighted by atomic mass is 10.0. The summed E-state index contributed by atoms with van der Waals surface area (Å²) in [4.78, 5) is 21.8. The lowest BCUT2D eigenvalue weighted by molar-refractivity contribution is -0.141. The summed E-state index contributed by atoms with van der Waals surface area (Å²) in [5.41, 5.74) is -1.57. The van der Waals surface area contributed by atoms with Gasteiger partial charge in [-0.05, 0) is 6.92 Å². The fourth-order valence-corrected chi connectivity index (χ4v) is 2.27. The number of hydrogen-bond acceptors (Lipinski definition) is 5. The van der Waals surface area contributed by atoms with Gasteiger partial charge < -0.3 is 20.8 Å². The zero-order chi connectivity index (χ0) is 15.8. The van der Waals surface area contributed by atoms with Crippen molar-refractivity contribution in [1.82, 2.24) is 15.4 Å². The average molecular weight is 311 g/mol. The molecule has 0 heterocycles. The first-order valence-electron chi connectivity index (χ1n) is 6.01. The molecule has 0 spiro atoms.